The summed E-state index contributed by atoms with van der Waals surface area (Å²) < 4.78 is 5.34. The zero-order valence-electron chi connectivity index (χ0n) is 13.6. The molecule has 0 spiro atoms. The largest absolute Gasteiger partial charge is 0.497 e. The number of nitriles is 1. The molecule has 0 saturated heterocycles. The molecular weight excluding hydrogens is 286 g/mol. The summed E-state index contributed by atoms with van der Waals surface area (Å²) in [6, 6.07) is 8.65. The summed E-state index contributed by atoms with van der Waals surface area (Å²) in [5, 5.41) is 9.67. The smallest absolute Gasteiger partial charge is 0.140 e. The average molecular weight is 307 g/mol. The number of nitrogens with zero attached hydrogens (tertiary/aromatic N) is 1. The lowest BCUT2D eigenvalue weighted by Gasteiger charge is -2.45. The number of methoxy groups -OCH3 is 1. The summed E-state index contributed by atoms with van der Waals surface area (Å²) >= 11 is 0. The second-order valence-corrected chi connectivity index (χ2v) is 7.25. The molecule has 3 aliphatic rings. The molecule has 1 aromatic carbocycles. The maximum atomic E-state index is 12.5. The van der Waals surface area contributed by atoms with Crippen molar-refractivity contribution in [2.75, 3.05) is 7.11 Å². The highest BCUT2D eigenvalue weighted by Gasteiger charge is 2.56. The summed E-state index contributed by atoms with van der Waals surface area (Å²) in [5.41, 5.74) is 3.37. The summed E-state index contributed by atoms with van der Waals surface area (Å²) in [7, 11) is 1.69. The first-order valence-corrected chi connectivity index (χ1v) is 8.41. The third-order valence-corrected chi connectivity index (χ3v) is 6.42. The van der Waals surface area contributed by atoms with E-state index in [1.54, 1.807) is 7.11 Å². The highest BCUT2D eigenvalue weighted by Crippen LogP contribution is 2.59. The van der Waals surface area contributed by atoms with E-state index >= 15 is 0 Å². The lowest BCUT2D eigenvalue weighted by Crippen LogP contribution is -2.43. The third-order valence-electron chi connectivity index (χ3n) is 6.42. The molecule has 0 aliphatic heterocycles. The minimum atomic E-state index is -0.479. The highest BCUT2D eigenvalue weighted by atomic mass is 16.5. The zero-order valence-corrected chi connectivity index (χ0v) is 13.6. The van der Waals surface area contributed by atoms with Crippen LogP contribution in [0.2, 0.25) is 0 Å². The first-order valence-electron chi connectivity index (χ1n) is 8.41. The second kappa shape index (κ2) is 4.96. The van der Waals surface area contributed by atoms with Crippen LogP contribution in [0.3, 0.4) is 0 Å². The number of benzene rings is 1. The molecule has 0 heterocycles. The van der Waals surface area contributed by atoms with Crippen LogP contribution < -0.4 is 4.74 Å². The number of hydrogen-bond acceptors (Lipinski definition) is 3. The Hall–Kier alpha value is -2.08. The van der Waals surface area contributed by atoms with E-state index in [0.29, 0.717) is 18.3 Å². The standard InChI is InChI=1S/C20H21NO2/c1-20-13(11-21)10-17-15-6-4-14(23-2)9-12(15)3-5-16(17)18(20)7-8-19(20)22/h4,6,9-10,13,16,18H,3,5,7-8H2,1-2H3/t13-,16-,18+,20+/m1/s1. The van der Waals surface area contributed by atoms with Crippen molar-refractivity contribution in [3.05, 3.63) is 35.4 Å². The van der Waals surface area contributed by atoms with Gasteiger partial charge in [-0.05, 0) is 59.9 Å². The minimum Gasteiger partial charge on any atom is -0.497 e. The van der Waals surface area contributed by atoms with Gasteiger partial charge in [-0.3, -0.25) is 4.79 Å². The van der Waals surface area contributed by atoms with E-state index in [2.05, 4.69) is 24.3 Å². The number of allylic oxidation sites excluding steroid dienone is 2. The van der Waals surface area contributed by atoms with Crippen LogP contribution in [-0.4, -0.2) is 12.9 Å². The predicted octanol–water partition coefficient (Wildman–Crippen LogP) is 3.78. The number of carbonyl (C=O) groups excluding carboxylic acids is 1. The van der Waals surface area contributed by atoms with Crippen LogP contribution in [-0.2, 0) is 11.2 Å². The van der Waals surface area contributed by atoms with Gasteiger partial charge in [0.25, 0.3) is 0 Å². The Morgan fingerprint density at radius 2 is 2.13 bits per heavy atom. The topological polar surface area (TPSA) is 50.1 Å². The molecule has 0 radical (unpaired) electrons. The predicted molar refractivity (Wildman–Crippen MR) is 87.7 cm³/mol. The normalized spacial score (nSPS) is 34.7. The van der Waals surface area contributed by atoms with Crippen LogP contribution in [0.5, 0.6) is 5.75 Å². The molecule has 23 heavy (non-hydrogen) atoms. The van der Waals surface area contributed by atoms with E-state index in [9.17, 15) is 10.1 Å². The van der Waals surface area contributed by atoms with Crippen molar-refractivity contribution in [1.29, 1.82) is 5.26 Å². The molecule has 0 bridgehead atoms. The van der Waals surface area contributed by atoms with E-state index in [4.69, 9.17) is 4.74 Å². The Labute approximate surface area is 137 Å². The van der Waals surface area contributed by atoms with Gasteiger partial charge in [0, 0.05) is 11.8 Å². The number of fused-ring (bicyclic) bond motifs is 5. The van der Waals surface area contributed by atoms with Crippen LogP contribution in [0.15, 0.2) is 24.3 Å². The Morgan fingerprint density at radius 3 is 2.87 bits per heavy atom. The number of Topliss-reactive ketones (excluding diaryl/α,β-unsaturated/α-hetero) is 1. The van der Waals surface area contributed by atoms with Gasteiger partial charge in [-0.25, -0.2) is 0 Å². The van der Waals surface area contributed by atoms with Crippen molar-refractivity contribution in [2.24, 2.45) is 23.2 Å². The van der Waals surface area contributed by atoms with Crippen molar-refractivity contribution in [2.45, 2.75) is 32.6 Å². The van der Waals surface area contributed by atoms with E-state index < -0.39 is 5.41 Å². The van der Waals surface area contributed by atoms with E-state index in [1.165, 1.54) is 16.7 Å². The maximum Gasteiger partial charge on any atom is 0.140 e. The van der Waals surface area contributed by atoms with Crippen molar-refractivity contribution < 1.29 is 9.53 Å². The third kappa shape index (κ3) is 1.84. The van der Waals surface area contributed by atoms with Gasteiger partial charge in [0.1, 0.15) is 11.5 Å². The first-order chi connectivity index (χ1) is 11.1. The second-order valence-electron chi connectivity index (χ2n) is 7.25. The van der Waals surface area contributed by atoms with Gasteiger partial charge in [0.15, 0.2) is 0 Å². The average Bonchev–Trinajstić information content (AvgIpc) is 2.89. The van der Waals surface area contributed by atoms with Crippen molar-refractivity contribution in [1.82, 2.24) is 0 Å². The van der Waals surface area contributed by atoms with Gasteiger partial charge >= 0.3 is 0 Å². The molecular formula is C20H21NO2. The van der Waals surface area contributed by atoms with Crippen molar-refractivity contribution in [3.8, 4) is 11.8 Å². The molecule has 0 unspecified atom stereocenters. The van der Waals surface area contributed by atoms with Crippen LogP contribution in [0.1, 0.15) is 37.3 Å². The van der Waals surface area contributed by atoms with Gasteiger partial charge < -0.3 is 4.74 Å². The first kappa shape index (κ1) is 14.5. The molecule has 0 aromatic heterocycles. The molecule has 1 saturated carbocycles. The number of rotatable bonds is 1. The van der Waals surface area contributed by atoms with E-state index in [-0.39, 0.29) is 11.7 Å². The molecule has 1 aromatic rings. The van der Waals surface area contributed by atoms with Gasteiger partial charge in [-0.15, -0.1) is 0 Å². The van der Waals surface area contributed by atoms with Gasteiger partial charge in [-0.1, -0.05) is 19.1 Å². The molecule has 4 rings (SSSR count). The van der Waals surface area contributed by atoms with Crippen LogP contribution in [0.25, 0.3) is 5.57 Å². The maximum absolute atomic E-state index is 12.5. The van der Waals surface area contributed by atoms with Gasteiger partial charge in [0.05, 0.1) is 19.1 Å². The van der Waals surface area contributed by atoms with Crippen molar-refractivity contribution in [3.63, 3.8) is 0 Å². The Kier molecular flexibility index (Phi) is 3.13. The number of carbonyl (C=O) groups is 1. The molecule has 3 aliphatic carbocycles. The van der Waals surface area contributed by atoms with Gasteiger partial charge in [-0.2, -0.15) is 5.26 Å². The Balaban J connectivity index is 1.86. The van der Waals surface area contributed by atoms with Crippen LogP contribution >= 0.6 is 0 Å². The van der Waals surface area contributed by atoms with Crippen molar-refractivity contribution >= 4 is 11.4 Å². The molecule has 3 heteroatoms. The fourth-order valence-electron chi connectivity index (χ4n) is 5.09. The Bertz CT molecular complexity index is 757. The quantitative estimate of drug-likeness (QED) is 0.793. The molecule has 0 amide bonds. The van der Waals surface area contributed by atoms with E-state index in [0.717, 1.165) is 25.0 Å². The number of aryl methyl sites for hydroxylation is 1. The fourth-order valence-corrected chi connectivity index (χ4v) is 5.09. The zero-order chi connectivity index (χ0) is 16.2. The van der Waals surface area contributed by atoms with E-state index in [1.807, 2.05) is 13.0 Å². The monoisotopic (exact) mass is 307 g/mol. The number of ketones is 1. The SMILES string of the molecule is COc1ccc2c(c1)CC[C@@H]1C2=C[C@H](C#N)[C@]2(C)C(=O)CC[C@@H]12. The highest BCUT2D eigenvalue weighted by molar-refractivity contribution is 5.90. The summed E-state index contributed by atoms with van der Waals surface area (Å²) in [5.74, 6) is 1.59. The summed E-state index contributed by atoms with van der Waals surface area (Å²) in [6.07, 6.45) is 5.74. The van der Waals surface area contributed by atoms with Crippen LogP contribution in [0, 0.1) is 34.5 Å². The lowest BCUT2D eigenvalue weighted by atomic mass is 9.56. The number of hydrogen-bond donors (Lipinski definition) is 0. The summed E-state index contributed by atoms with van der Waals surface area (Å²) in [4.78, 5) is 12.5. The molecule has 0 N–H and O–H groups in total. The Morgan fingerprint density at radius 1 is 1.30 bits per heavy atom. The number of ether oxygens (including phenoxy) is 1. The molecule has 118 valence electrons. The lowest BCUT2D eigenvalue weighted by molar-refractivity contribution is -0.128. The van der Waals surface area contributed by atoms with Gasteiger partial charge in [0.2, 0.25) is 0 Å². The molecule has 3 nitrogen and oxygen atoms in total. The van der Waals surface area contributed by atoms with Crippen LogP contribution in [0.4, 0.5) is 0 Å². The molecule has 4 atom stereocenters. The summed E-state index contributed by atoms with van der Waals surface area (Å²) in [6.45, 7) is 2.03. The molecule has 1 fully saturated rings. The fraction of sp³-hybridized carbons (Fsp3) is 0.500. The minimum absolute atomic E-state index is 0.282.